The van der Waals surface area contributed by atoms with Gasteiger partial charge in [0, 0.05) is 57.1 Å². The molecule has 0 spiro atoms. The van der Waals surface area contributed by atoms with E-state index in [0.29, 0.717) is 12.1 Å². The number of rotatable bonds is 9. The molecule has 3 heterocycles. The molecule has 0 aliphatic carbocycles. The summed E-state index contributed by atoms with van der Waals surface area (Å²) in [4.78, 5) is 19.7. The fourth-order valence-corrected chi connectivity index (χ4v) is 4.87. The van der Waals surface area contributed by atoms with Crippen molar-refractivity contribution in [2.24, 2.45) is 0 Å². The van der Waals surface area contributed by atoms with Gasteiger partial charge in [0.15, 0.2) is 11.4 Å². The van der Waals surface area contributed by atoms with E-state index in [9.17, 15) is 4.79 Å². The summed E-state index contributed by atoms with van der Waals surface area (Å²) in [6.07, 6.45) is 2.01. The predicted octanol–water partition coefficient (Wildman–Crippen LogP) is 3.01. The van der Waals surface area contributed by atoms with Crippen LogP contribution in [-0.2, 0) is 4.74 Å². The number of methoxy groups -OCH3 is 1. The van der Waals surface area contributed by atoms with Gasteiger partial charge in [-0.05, 0) is 55.8 Å². The summed E-state index contributed by atoms with van der Waals surface area (Å²) in [5, 5.41) is 8.38. The van der Waals surface area contributed by atoms with Crippen LogP contribution in [0.3, 0.4) is 0 Å². The molecule has 1 aromatic heterocycles. The van der Waals surface area contributed by atoms with Crippen LogP contribution >= 0.6 is 0 Å². The Morgan fingerprint density at radius 3 is 2.64 bits per heavy atom. The van der Waals surface area contributed by atoms with E-state index in [-0.39, 0.29) is 5.91 Å². The molecule has 192 valence electrons. The minimum absolute atomic E-state index is 0.00445. The molecule has 2 aromatic carbocycles. The molecule has 36 heavy (non-hydrogen) atoms. The summed E-state index contributed by atoms with van der Waals surface area (Å²) in [5.41, 5.74) is 2.58. The van der Waals surface area contributed by atoms with Crippen molar-refractivity contribution in [1.82, 2.24) is 15.4 Å². The molecule has 0 unspecified atom stereocenters. The van der Waals surface area contributed by atoms with Crippen molar-refractivity contribution in [2.45, 2.75) is 12.8 Å². The maximum absolute atomic E-state index is 12.6. The zero-order chi connectivity index (χ0) is 24.7. The second kappa shape index (κ2) is 11.6. The molecule has 9 heteroatoms. The Morgan fingerprint density at radius 1 is 1.00 bits per heavy atom. The molecule has 5 rings (SSSR count). The Balaban J connectivity index is 1.02. The van der Waals surface area contributed by atoms with Gasteiger partial charge >= 0.3 is 0 Å². The molecule has 9 nitrogen and oxygen atoms in total. The Bertz CT molecular complexity index is 1150. The largest absolute Gasteiger partial charge is 0.497 e. The molecule has 1 amide bonds. The highest BCUT2D eigenvalue weighted by Gasteiger charge is 2.22. The third-order valence-electron chi connectivity index (χ3n) is 7.00. The first kappa shape index (κ1) is 24.4. The van der Waals surface area contributed by atoms with Gasteiger partial charge in [-0.2, -0.15) is 0 Å². The minimum Gasteiger partial charge on any atom is -0.497 e. The first-order valence-corrected chi connectivity index (χ1v) is 12.8. The second-order valence-electron chi connectivity index (χ2n) is 9.31. The number of anilines is 2. The summed E-state index contributed by atoms with van der Waals surface area (Å²) >= 11 is 0. The molecular formula is C27H35N5O4. The number of morpholine rings is 1. The van der Waals surface area contributed by atoms with Crippen LogP contribution < -0.4 is 19.9 Å². The van der Waals surface area contributed by atoms with Crippen LogP contribution in [0.25, 0.3) is 11.0 Å². The average molecular weight is 494 g/mol. The van der Waals surface area contributed by atoms with Crippen LogP contribution in [0.15, 0.2) is 47.0 Å². The Morgan fingerprint density at radius 2 is 1.83 bits per heavy atom. The van der Waals surface area contributed by atoms with Gasteiger partial charge in [-0.15, -0.1) is 0 Å². The normalized spacial score (nSPS) is 16.9. The summed E-state index contributed by atoms with van der Waals surface area (Å²) in [5.74, 6) is 1.70. The highest BCUT2D eigenvalue weighted by Crippen LogP contribution is 2.30. The van der Waals surface area contributed by atoms with Gasteiger partial charge in [-0.3, -0.25) is 9.69 Å². The van der Waals surface area contributed by atoms with E-state index in [1.165, 1.54) is 0 Å². The van der Waals surface area contributed by atoms with Crippen LogP contribution in [0.4, 0.5) is 11.5 Å². The zero-order valence-electron chi connectivity index (χ0n) is 20.9. The highest BCUT2D eigenvalue weighted by molar-refractivity contribution is 5.95. The Labute approximate surface area is 211 Å². The van der Waals surface area contributed by atoms with Crippen molar-refractivity contribution in [1.29, 1.82) is 0 Å². The molecular weight excluding hydrogens is 458 g/mol. The fraction of sp³-hybridized carbons (Fsp3) is 0.481. The van der Waals surface area contributed by atoms with Crippen LogP contribution in [-0.4, -0.2) is 88.6 Å². The summed E-state index contributed by atoms with van der Waals surface area (Å²) in [7, 11) is 1.67. The molecule has 2 fully saturated rings. The van der Waals surface area contributed by atoms with E-state index in [1.54, 1.807) is 7.11 Å². The Hall–Kier alpha value is -3.30. The number of aromatic nitrogens is 1. The number of benzene rings is 2. The topological polar surface area (TPSA) is 83.3 Å². The quantitative estimate of drug-likeness (QED) is 0.456. The minimum atomic E-state index is -0.00445. The van der Waals surface area contributed by atoms with Crippen molar-refractivity contribution in [3.63, 3.8) is 0 Å². The third kappa shape index (κ3) is 5.74. The summed E-state index contributed by atoms with van der Waals surface area (Å²) < 4.78 is 16.3. The van der Waals surface area contributed by atoms with Gasteiger partial charge in [0.05, 0.1) is 25.7 Å². The molecule has 1 N–H and O–H groups in total. The van der Waals surface area contributed by atoms with E-state index in [2.05, 4.69) is 31.2 Å². The maximum atomic E-state index is 12.6. The van der Waals surface area contributed by atoms with Gasteiger partial charge in [0.25, 0.3) is 5.91 Å². The lowest BCUT2D eigenvalue weighted by molar-refractivity contribution is 0.0952. The smallest absolute Gasteiger partial charge is 0.251 e. The van der Waals surface area contributed by atoms with Gasteiger partial charge < -0.3 is 29.1 Å². The lowest BCUT2D eigenvalue weighted by atomic mass is 10.1. The standard InChI is InChI=1S/C27H35N5O4/c1-34-23-7-8-25-24(20-23)26(29-36-25)32-13-11-30(12-14-32)10-3-2-9-28-27(33)21-5-4-6-22(19-21)31-15-17-35-18-16-31/h4-8,19-20H,2-3,9-18H2,1H3,(H,28,33). The second-order valence-corrected chi connectivity index (χ2v) is 9.31. The van der Waals surface area contributed by atoms with Gasteiger partial charge in [-0.25, -0.2) is 0 Å². The maximum Gasteiger partial charge on any atom is 0.251 e. The van der Waals surface area contributed by atoms with Crippen molar-refractivity contribution in [3.05, 3.63) is 48.0 Å². The zero-order valence-corrected chi connectivity index (χ0v) is 20.9. The number of hydrogen-bond donors (Lipinski definition) is 1. The van der Waals surface area contributed by atoms with Crippen LogP contribution in [0, 0.1) is 0 Å². The van der Waals surface area contributed by atoms with E-state index in [0.717, 1.165) is 100 Å². The Kier molecular flexibility index (Phi) is 7.88. The lowest BCUT2D eigenvalue weighted by Crippen LogP contribution is -2.46. The fourth-order valence-electron chi connectivity index (χ4n) is 4.87. The first-order valence-electron chi connectivity index (χ1n) is 12.8. The number of unbranched alkanes of at least 4 members (excludes halogenated alkanes) is 1. The predicted molar refractivity (Wildman–Crippen MR) is 140 cm³/mol. The summed E-state index contributed by atoms with van der Waals surface area (Å²) in [6, 6.07) is 13.7. The lowest BCUT2D eigenvalue weighted by Gasteiger charge is -2.34. The number of fused-ring (bicyclic) bond motifs is 1. The van der Waals surface area contributed by atoms with E-state index in [1.807, 2.05) is 36.4 Å². The molecule has 2 saturated heterocycles. The van der Waals surface area contributed by atoms with Crippen LogP contribution in [0.1, 0.15) is 23.2 Å². The molecule has 2 aliphatic rings. The number of piperazine rings is 1. The van der Waals surface area contributed by atoms with Crippen molar-refractivity contribution in [2.75, 3.05) is 82.5 Å². The van der Waals surface area contributed by atoms with Gasteiger partial charge in [0.1, 0.15) is 5.75 Å². The monoisotopic (exact) mass is 493 g/mol. The van der Waals surface area contributed by atoms with Gasteiger partial charge in [0.2, 0.25) is 0 Å². The number of amides is 1. The van der Waals surface area contributed by atoms with Crippen LogP contribution in [0.2, 0.25) is 0 Å². The highest BCUT2D eigenvalue weighted by atomic mass is 16.5. The third-order valence-corrected chi connectivity index (χ3v) is 7.00. The molecule has 0 radical (unpaired) electrons. The van der Waals surface area contributed by atoms with Crippen molar-refractivity contribution >= 4 is 28.4 Å². The molecule has 0 bridgehead atoms. The van der Waals surface area contributed by atoms with Crippen molar-refractivity contribution in [3.8, 4) is 5.75 Å². The number of carbonyl (C=O) groups excluding carboxylic acids is 1. The molecule has 0 saturated carbocycles. The van der Waals surface area contributed by atoms with E-state index >= 15 is 0 Å². The van der Waals surface area contributed by atoms with E-state index in [4.69, 9.17) is 14.0 Å². The average Bonchev–Trinajstić information content (AvgIpc) is 3.37. The first-order chi connectivity index (χ1) is 17.7. The number of ether oxygens (including phenoxy) is 2. The number of hydrogen-bond acceptors (Lipinski definition) is 8. The number of nitrogens with one attached hydrogen (secondary N) is 1. The summed E-state index contributed by atoms with van der Waals surface area (Å²) in [6.45, 7) is 8.71. The molecule has 2 aliphatic heterocycles. The number of nitrogens with zero attached hydrogens (tertiary/aromatic N) is 4. The van der Waals surface area contributed by atoms with Crippen molar-refractivity contribution < 1.29 is 18.8 Å². The number of carbonyl (C=O) groups is 1. The van der Waals surface area contributed by atoms with E-state index < -0.39 is 0 Å². The SMILES string of the molecule is COc1ccc2onc(N3CCN(CCCCNC(=O)c4cccc(N5CCOCC5)c4)CC3)c2c1. The molecule has 0 atom stereocenters. The molecule has 3 aromatic rings. The van der Waals surface area contributed by atoms with Crippen LogP contribution in [0.5, 0.6) is 5.75 Å². The van der Waals surface area contributed by atoms with Gasteiger partial charge in [-0.1, -0.05) is 11.2 Å².